The number of benzene rings is 1. The molecule has 0 aliphatic carbocycles. The SMILES string of the molecule is C=CCNC(=O)NC(=O)COC(=O)c1cc(Cl)c(N)cc1OC. The summed E-state index contributed by atoms with van der Waals surface area (Å²) in [5, 5.41) is 4.46. The highest BCUT2D eigenvalue weighted by Crippen LogP contribution is 2.29. The topological polar surface area (TPSA) is 120 Å². The first kappa shape index (κ1) is 18.3. The molecule has 3 amide bonds. The molecule has 0 fully saturated rings. The lowest BCUT2D eigenvalue weighted by atomic mass is 10.2. The lowest BCUT2D eigenvalue weighted by Crippen LogP contribution is -2.41. The van der Waals surface area contributed by atoms with Crippen LogP contribution in [0.2, 0.25) is 5.02 Å². The van der Waals surface area contributed by atoms with Crippen LogP contribution in [0.25, 0.3) is 0 Å². The number of esters is 1. The first-order chi connectivity index (χ1) is 10.9. The van der Waals surface area contributed by atoms with Gasteiger partial charge in [0.1, 0.15) is 11.3 Å². The van der Waals surface area contributed by atoms with Crippen molar-refractivity contribution in [2.45, 2.75) is 0 Å². The van der Waals surface area contributed by atoms with E-state index in [1.165, 1.54) is 25.3 Å². The molecule has 4 N–H and O–H groups in total. The van der Waals surface area contributed by atoms with E-state index < -0.39 is 24.5 Å². The molecule has 9 heteroatoms. The van der Waals surface area contributed by atoms with Crippen molar-refractivity contribution in [2.75, 3.05) is 26.0 Å². The zero-order valence-corrected chi connectivity index (χ0v) is 13.1. The second-order valence-electron chi connectivity index (χ2n) is 4.20. The van der Waals surface area contributed by atoms with Crippen LogP contribution < -0.4 is 21.1 Å². The second-order valence-corrected chi connectivity index (χ2v) is 4.60. The Morgan fingerprint density at radius 3 is 2.70 bits per heavy atom. The fraction of sp³-hybridized carbons (Fsp3) is 0.214. The van der Waals surface area contributed by atoms with Crippen molar-refractivity contribution in [1.82, 2.24) is 10.6 Å². The molecule has 0 spiro atoms. The van der Waals surface area contributed by atoms with E-state index in [0.29, 0.717) is 0 Å². The van der Waals surface area contributed by atoms with E-state index >= 15 is 0 Å². The molecule has 1 aromatic carbocycles. The van der Waals surface area contributed by atoms with Crippen molar-refractivity contribution < 1.29 is 23.9 Å². The average Bonchev–Trinajstić information content (AvgIpc) is 2.52. The predicted octanol–water partition coefficient (Wildman–Crippen LogP) is 1.10. The highest BCUT2D eigenvalue weighted by molar-refractivity contribution is 6.33. The third-order valence-corrected chi connectivity index (χ3v) is 2.86. The predicted molar refractivity (Wildman–Crippen MR) is 84.4 cm³/mol. The molecule has 0 unspecified atom stereocenters. The Hall–Kier alpha value is -2.74. The van der Waals surface area contributed by atoms with Crippen molar-refractivity contribution in [3.8, 4) is 5.75 Å². The number of nitrogen functional groups attached to an aromatic ring is 1. The molecule has 0 aliphatic heterocycles. The van der Waals surface area contributed by atoms with E-state index in [-0.39, 0.29) is 28.6 Å². The molecule has 23 heavy (non-hydrogen) atoms. The maximum atomic E-state index is 12.0. The smallest absolute Gasteiger partial charge is 0.342 e. The van der Waals surface area contributed by atoms with Gasteiger partial charge < -0.3 is 20.5 Å². The zero-order chi connectivity index (χ0) is 17.4. The Kier molecular flexibility index (Phi) is 6.88. The number of carbonyl (C=O) groups is 3. The van der Waals surface area contributed by atoms with Crippen LogP contribution in [0, 0.1) is 0 Å². The van der Waals surface area contributed by atoms with Gasteiger partial charge in [-0.15, -0.1) is 6.58 Å². The molecule has 8 nitrogen and oxygen atoms in total. The van der Waals surface area contributed by atoms with Gasteiger partial charge in [-0.1, -0.05) is 17.7 Å². The van der Waals surface area contributed by atoms with E-state index in [4.69, 9.17) is 26.8 Å². The first-order valence-corrected chi connectivity index (χ1v) is 6.75. The van der Waals surface area contributed by atoms with Crippen LogP contribution >= 0.6 is 11.6 Å². The monoisotopic (exact) mass is 341 g/mol. The summed E-state index contributed by atoms with van der Waals surface area (Å²) in [5.74, 6) is -1.48. The van der Waals surface area contributed by atoms with Gasteiger partial charge in [0.15, 0.2) is 6.61 Å². The van der Waals surface area contributed by atoms with Gasteiger partial charge in [0.25, 0.3) is 5.91 Å². The molecule has 0 atom stereocenters. The van der Waals surface area contributed by atoms with Gasteiger partial charge in [0.05, 0.1) is 17.8 Å². The Morgan fingerprint density at radius 1 is 1.39 bits per heavy atom. The van der Waals surface area contributed by atoms with E-state index in [1.54, 1.807) is 0 Å². The number of nitrogens with two attached hydrogens (primary N) is 1. The van der Waals surface area contributed by atoms with Crippen LogP contribution in [0.4, 0.5) is 10.5 Å². The quantitative estimate of drug-likeness (QED) is 0.405. The fourth-order valence-electron chi connectivity index (χ4n) is 1.48. The molecule has 1 aromatic rings. The maximum absolute atomic E-state index is 12.0. The third kappa shape index (κ3) is 5.51. The number of ether oxygens (including phenoxy) is 2. The van der Waals surface area contributed by atoms with Crippen LogP contribution in [0.1, 0.15) is 10.4 Å². The van der Waals surface area contributed by atoms with Crippen molar-refractivity contribution in [1.29, 1.82) is 0 Å². The lowest BCUT2D eigenvalue weighted by molar-refractivity contribution is -0.123. The summed E-state index contributed by atoms with van der Waals surface area (Å²) in [6, 6.07) is 1.91. The summed E-state index contributed by atoms with van der Waals surface area (Å²) in [5.41, 5.74) is 5.85. The summed E-state index contributed by atoms with van der Waals surface area (Å²) in [6.07, 6.45) is 1.45. The lowest BCUT2D eigenvalue weighted by Gasteiger charge is -2.10. The maximum Gasteiger partial charge on any atom is 0.342 e. The fourth-order valence-corrected chi connectivity index (χ4v) is 1.64. The molecule has 0 heterocycles. The number of nitrogens with one attached hydrogen (secondary N) is 2. The molecule has 0 aliphatic rings. The zero-order valence-electron chi connectivity index (χ0n) is 12.3. The van der Waals surface area contributed by atoms with Gasteiger partial charge in [0, 0.05) is 12.6 Å². The largest absolute Gasteiger partial charge is 0.496 e. The molecule has 0 radical (unpaired) electrons. The summed E-state index contributed by atoms with van der Waals surface area (Å²) in [7, 11) is 1.34. The number of methoxy groups -OCH3 is 1. The molecule has 0 bridgehead atoms. The van der Waals surface area contributed by atoms with Crippen molar-refractivity contribution >= 4 is 35.2 Å². The number of hydrogen-bond acceptors (Lipinski definition) is 6. The molecule has 1 rings (SSSR count). The highest BCUT2D eigenvalue weighted by Gasteiger charge is 2.18. The van der Waals surface area contributed by atoms with Gasteiger partial charge in [-0.2, -0.15) is 0 Å². The minimum atomic E-state index is -0.842. The summed E-state index contributed by atoms with van der Waals surface area (Å²) in [6.45, 7) is 2.95. The van der Waals surface area contributed by atoms with Crippen molar-refractivity contribution in [3.05, 3.63) is 35.4 Å². The van der Waals surface area contributed by atoms with Gasteiger partial charge >= 0.3 is 12.0 Å². The van der Waals surface area contributed by atoms with Crippen LogP contribution in [0.15, 0.2) is 24.8 Å². The number of carbonyl (C=O) groups excluding carboxylic acids is 3. The number of anilines is 1. The van der Waals surface area contributed by atoms with Gasteiger partial charge in [-0.05, 0) is 6.07 Å². The van der Waals surface area contributed by atoms with E-state index in [1.807, 2.05) is 5.32 Å². The van der Waals surface area contributed by atoms with Crippen LogP contribution in [0.5, 0.6) is 5.75 Å². The van der Waals surface area contributed by atoms with Crippen LogP contribution in [0.3, 0.4) is 0 Å². The first-order valence-electron chi connectivity index (χ1n) is 6.37. The minimum absolute atomic E-state index is 0.00982. The average molecular weight is 342 g/mol. The minimum Gasteiger partial charge on any atom is -0.496 e. The molecule has 0 saturated carbocycles. The second kappa shape index (κ2) is 8.64. The number of amides is 3. The van der Waals surface area contributed by atoms with Gasteiger partial charge in [-0.25, -0.2) is 9.59 Å². The third-order valence-electron chi connectivity index (χ3n) is 2.53. The Bertz CT molecular complexity index is 633. The van der Waals surface area contributed by atoms with E-state index in [9.17, 15) is 14.4 Å². The molecular weight excluding hydrogens is 326 g/mol. The number of halogens is 1. The molecule has 0 aromatic heterocycles. The number of hydrogen-bond donors (Lipinski definition) is 3. The number of urea groups is 1. The van der Waals surface area contributed by atoms with Gasteiger partial charge in [0.2, 0.25) is 0 Å². The van der Waals surface area contributed by atoms with Gasteiger partial charge in [-0.3, -0.25) is 10.1 Å². The number of rotatable bonds is 6. The van der Waals surface area contributed by atoms with Crippen molar-refractivity contribution in [3.63, 3.8) is 0 Å². The normalized spacial score (nSPS) is 9.65. The Morgan fingerprint density at radius 2 is 2.09 bits per heavy atom. The molecule has 0 saturated heterocycles. The molecule has 124 valence electrons. The van der Waals surface area contributed by atoms with Crippen molar-refractivity contribution in [2.24, 2.45) is 0 Å². The number of imide groups is 1. The molecular formula is C14H16ClN3O5. The Labute approximate surface area is 137 Å². The highest BCUT2D eigenvalue weighted by atomic mass is 35.5. The van der Waals surface area contributed by atoms with Crippen LogP contribution in [-0.2, 0) is 9.53 Å². The summed E-state index contributed by atoms with van der Waals surface area (Å²) in [4.78, 5) is 34.7. The Balaban J connectivity index is 2.63. The van der Waals surface area contributed by atoms with E-state index in [2.05, 4.69) is 11.9 Å². The van der Waals surface area contributed by atoms with E-state index in [0.717, 1.165) is 0 Å². The van der Waals surface area contributed by atoms with Crippen LogP contribution in [-0.4, -0.2) is 38.2 Å². The standard InChI is InChI=1S/C14H16ClN3O5/c1-3-4-17-14(21)18-12(19)7-23-13(20)8-5-9(15)10(16)6-11(8)22-2/h3,5-6H,1,4,7,16H2,2H3,(H2,17,18,19,21). The summed E-state index contributed by atoms with van der Waals surface area (Å²) < 4.78 is 9.81. The summed E-state index contributed by atoms with van der Waals surface area (Å²) >= 11 is 5.84.